The number of halogens is 1. The van der Waals surface area contributed by atoms with Crippen LogP contribution in [0.1, 0.15) is 13.8 Å². The zero-order valence-electron chi connectivity index (χ0n) is 14.4. The van der Waals surface area contributed by atoms with Crippen LogP contribution in [0.15, 0.2) is 53.6 Å². The van der Waals surface area contributed by atoms with Gasteiger partial charge in [-0.15, -0.1) is 0 Å². The van der Waals surface area contributed by atoms with E-state index in [9.17, 15) is 14.0 Å². The van der Waals surface area contributed by atoms with Crippen molar-refractivity contribution in [2.75, 3.05) is 5.32 Å². The van der Waals surface area contributed by atoms with E-state index in [1.54, 1.807) is 24.3 Å². The second-order valence-electron chi connectivity index (χ2n) is 6.05. The molecule has 1 aromatic heterocycles. The van der Waals surface area contributed by atoms with Gasteiger partial charge in [-0.2, -0.15) is 0 Å². The highest BCUT2D eigenvalue weighted by atomic mass is 19.1. The maximum absolute atomic E-state index is 13.4. The summed E-state index contributed by atoms with van der Waals surface area (Å²) in [6.45, 7) is 3.53. The average molecular weight is 355 g/mol. The summed E-state index contributed by atoms with van der Waals surface area (Å²) in [4.78, 5) is 28.9. The van der Waals surface area contributed by atoms with Crippen LogP contribution in [0, 0.1) is 5.82 Å². The first-order chi connectivity index (χ1) is 12.4. The fraction of sp³-hybridized carbons (Fsp3) is 0.211. The standard InChI is InChI=1S/C19H18FN3O3/c1-12(2)26-17-6-4-3-5-16(17)22-18(24)10-23-11-21-15-8-7-13(20)9-14(15)19(23)25/h3-9,11-12H,10H2,1-2H3,(H,22,24). The van der Waals surface area contributed by atoms with Gasteiger partial charge in [0.05, 0.1) is 29.0 Å². The van der Waals surface area contributed by atoms with Gasteiger partial charge in [0.25, 0.3) is 5.56 Å². The van der Waals surface area contributed by atoms with Gasteiger partial charge in [0, 0.05) is 0 Å². The number of anilines is 1. The lowest BCUT2D eigenvalue weighted by Gasteiger charge is -2.15. The molecule has 0 atom stereocenters. The van der Waals surface area contributed by atoms with Crippen LogP contribution < -0.4 is 15.6 Å². The number of nitrogens with one attached hydrogen (secondary N) is 1. The molecule has 0 radical (unpaired) electrons. The predicted octanol–water partition coefficient (Wildman–Crippen LogP) is 2.96. The van der Waals surface area contributed by atoms with Crippen molar-refractivity contribution in [1.82, 2.24) is 9.55 Å². The SMILES string of the molecule is CC(C)Oc1ccccc1NC(=O)Cn1cnc2ccc(F)cc2c1=O. The van der Waals surface area contributed by atoms with Crippen molar-refractivity contribution in [3.63, 3.8) is 0 Å². The van der Waals surface area contributed by atoms with Crippen LogP contribution in [0.5, 0.6) is 5.75 Å². The predicted molar refractivity (Wildman–Crippen MR) is 96.8 cm³/mol. The maximum Gasteiger partial charge on any atom is 0.261 e. The Balaban J connectivity index is 1.82. The van der Waals surface area contributed by atoms with Crippen molar-refractivity contribution < 1.29 is 13.9 Å². The molecule has 1 N–H and O–H groups in total. The van der Waals surface area contributed by atoms with Crippen molar-refractivity contribution in [2.24, 2.45) is 0 Å². The van der Waals surface area contributed by atoms with Crippen LogP contribution in [0.2, 0.25) is 0 Å². The molecular weight excluding hydrogens is 337 g/mol. The van der Waals surface area contributed by atoms with Crippen LogP contribution in [0.25, 0.3) is 10.9 Å². The van der Waals surface area contributed by atoms with E-state index in [2.05, 4.69) is 10.3 Å². The second-order valence-corrected chi connectivity index (χ2v) is 6.05. The fourth-order valence-electron chi connectivity index (χ4n) is 2.51. The van der Waals surface area contributed by atoms with Gasteiger partial charge in [-0.3, -0.25) is 14.2 Å². The summed E-state index contributed by atoms with van der Waals surface area (Å²) in [5, 5.41) is 2.85. The highest BCUT2D eigenvalue weighted by molar-refractivity contribution is 5.92. The van der Waals surface area contributed by atoms with Crippen molar-refractivity contribution in [1.29, 1.82) is 0 Å². The van der Waals surface area contributed by atoms with Crippen LogP contribution >= 0.6 is 0 Å². The van der Waals surface area contributed by atoms with Gasteiger partial charge in [-0.25, -0.2) is 9.37 Å². The summed E-state index contributed by atoms with van der Waals surface area (Å²) in [7, 11) is 0. The molecule has 3 rings (SSSR count). The normalized spacial score (nSPS) is 10.9. The molecule has 0 bridgehead atoms. The maximum atomic E-state index is 13.4. The number of nitrogens with zero attached hydrogens (tertiary/aromatic N) is 2. The van der Waals surface area contributed by atoms with E-state index in [4.69, 9.17) is 4.74 Å². The highest BCUT2D eigenvalue weighted by Gasteiger charge is 2.12. The topological polar surface area (TPSA) is 73.2 Å². The molecule has 2 aromatic carbocycles. The third-order valence-electron chi connectivity index (χ3n) is 3.62. The molecule has 0 aliphatic heterocycles. The molecule has 0 unspecified atom stereocenters. The summed E-state index contributed by atoms with van der Waals surface area (Å²) in [6, 6.07) is 10.8. The number of para-hydroxylation sites is 2. The van der Waals surface area contributed by atoms with Gasteiger partial charge in [0.1, 0.15) is 18.1 Å². The van der Waals surface area contributed by atoms with Crippen molar-refractivity contribution in [3.8, 4) is 5.75 Å². The molecule has 0 saturated heterocycles. The molecule has 7 heteroatoms. The molecule has 6 nitrogen and oxygen atoms in total. The Bertz CT molecular complexity index is 1010. The quantitative estimate of drug-likeness (QED) is 0.764. The lowest BCUT2D eigenvalue weighted by atomic mass is 10.2. The Hall–Kier alpha value is -3.22. The number of carbonyl (C=O) groups excluding carboxylic acids is 1. The minimum absolute atomic E-state index is 0.0461. The van der Waals surface area contributed by atoms with Gasteiger partial charge >= 0.3 is 0 Å². The molecule has 0 aliphatic rings. The molecule has 0 spiro atoms. The van der Waals surface area contributed by atoms with Gasteiger partial charge in [0.15, 0.2) is 0 Å². The van der Waals surface area contributed by atoms with Gasteiger partial charge < -0.3 is 10.1 Å². The van der Waals surface area contributed by atoms with E-state index >= 15 is 0 Å². The minimum Gasteiger partial charge on any atom is -0.489 e. The van der Waals surface area contributed by atoms with Crippen LogP contribution in [-0.2, 0) is 11.3 Å². The van der Waals surface area contributed by atoms with Crippen molar-refractivity contribution in [2.45, 2.75) is 26.5 Å². The molecular formula is C19H18FN3O3. The molecule has 0 saturated carbocycles. The number of carbonyl (C=O) groups is 1. The number of fused-ring (bicyclic) bond motifs is 1. The zero-order valence-corrected chi connectivity index (χ0v) is 14.4. The zero-order chi connectivity index (χ0) is 18.7. The van der Waals surface area contributed by atoms with Crippen LogP contribution in [-0.4, -0.2) is 21.6 Å². The smallest absolute Gasteiger partial charge is 0.261 e. The number of benzene rings is 2. The molecule has 26 heavy (non-hydrogen) atoms. The summed E-state index contributed by atoms with van der Waals surface area (Å²) < 4.78 is 20.2. The first-order valence-electron chi connectivity index (χ1n) is 8.14. The number of hydrogen-bond acceptors (Lipinski definition) is 4. The number of amides is 1. The summed E-state index contributed by atoms with van der Waals surface area (Å²) >= 11 is 0. The molecule has 1 heterocycles. The Morgan fingerprint density at radius 1 is 1.27 bits per heavy atom. The van der Waals surface area contributed by atoms with E-state index < -0.39 is 17.3 Å². The molecule has 0 aliphatic carbocycles. The second kappa shape index (κ2) is 7.35. The summed E-state index contributed by atoms with van der Waals surface area (Å²) in [5.41, 5.74) is 0.416. The fourth-order valence-corrected chi connectivity index (χ4v) is 2.51. The largest absolute Gasteiger partial charge is 0.489 e. The van der Waals surface area contributed by atoms with E-state index in [0.717, 1.165) is 10.6 Å². The molecule has 1 amide bonds. The first kappa shape index (κ1) is 17.6. The van der Waals surface area contributed by atoms with Crippen LogP contribution in [0.4, 0.5) is 10.1 Å². The Morgan fingerprint density at radius 2 is 2.04 bits per heavy atom. The Kier molecular flexibility index (Phi) is 4.97. The van der Waals surface area contributed by atoms with Crippen molar-refractivity contribution >= 4 is 22.5 Å². The van der Waals surface area contributed by atoms with E-state index in [0.29, 0.717) is 17.0 Å². The monoisotopic (exact) mass is 355 g/mol. The molecule has 3 aromatic rings. The van der Waals surface area contributed by atoms with E-state index in [1.807, 2.05) is 13.8 Å². The molecule has 134 valence electrons. The number of hydrogen-bond donors (Lipinski definition) is 1. The third kappa shape index (κ3) is 3.88. The first-order valence-corrected chi connectivity index (χ1v) is 8.14. The van der Waals surface area contributed by atoms with E-state index in [-0.39, 0.29) is 18.0 Å². The average Bonchev–Trinajstić information content (AvgIpc) is 2.59. The van der Waals surface area contributed by atoms with Gasteiger partial charge in [0.2, 0.25) is 5.91 Å². The van der Waals surface area contributed by atoms with Gasteiger partial charge in [-0.1, -0.05) is 12.1 Å². The number of rotatable bonds is 5. The number of aromatic nitrogens is 2. The van der Waals surface area contributed by atoms with Gasteiger partial charge in [-0.05, 0) is 44.2 Å². The lowest BCUT2D eigenvalue weighted by molar-refractivity contribution is -0.116. The number of ether oxygens (including phenoxy) is 1. The summed E-state index contributed by atoms with van der Waals surface area (Å²) in [5.74, 6) is -0.398. The Morgan fingerprint density at radius 3 is 2.81 bits per heavy atom. The molecule has 0 fully saturated rings. The van der Waals surface area contributed by atoms with Crippen molar-refractivity contribution in [3.05, 3.63) is 65.0 Å². The summed E-state index contributed by atoms with van der Waals surface area (Å²) in [6.07, 6.45) is 1.23. The minimum atomic E-state index is -0.529. The third-order valence-corrected chi connectivity index (χ3v) is 3.62. The van der Waals surface area contributed by atoms with E-state index in [1.165, 1.54) is 18.5 Å². The Labute approximate surface area is 149 Å². The lowest BCUT2D eigenvalue weighted by Crippen LogP contribution is -2.28. The van der Waals surface area contributed by atoms with Crippen LogP contribution in [0.3, 0.4) is 0 Å². The highest BCUT2D eigenvalue weighted by Crippen LogP contribution is 2.24.